The lowest BCUT2D eigenvalue weighted by atomic mass is 10.2. The van der Waals surface area contributed by atoms with E-state index in [4.69, 9.17) is 4.74 Å². The molecule has 1 aromatic carbocycles. The van der Waals surface area contributed by atoms with Crippen molar-refractivity contribution in [1.29, 1.82) is 0 Å². The molecule has 0 saturated heterocycles. The Kier molecular flexibility index (Phi) is 2.46. The maximum atomic E-state index is 12.4. The molecule has 0 spiro atoms. The van der Waals surface area contributed by atoms with Crippen molar-refractivity contribution < 1.29 is 17.9 Å². The van der Waals surface area contributed by atoms with Crippen LogP contribution in [-0.4, -0.2) is 13.2 Å². The Morgan fingerprint density at radius 2 is 2.07 bits per heavy atom. The number of halogens is 3. The highest BCUT2D eigenvalue weighted by atomic mass is 19.4. The number of fused-ring (bicyclic) bond motifs is 1. The van der Waals surface area contributed by atoms with Gasteiger partial charge in [-0.05, 0) is 24.6 Å². The maximum absolute atomic E-state index is 12.4. The molecular weight excluding hydrogens is 207 g/mol. The summed E-state index contributed by atoms with van der Waals surface area (Å²) in [6.07, 6.45) is -3.53. The number of hydrogen-bond donors (Lipinski definition) is 1. The third-order valence-corrected chi connectivity index (χ3v) is 2.20. The number of nitrogens with one attached hydrogen (secondary N) is 1. The van der Waals surface area contributed by atoms with Crippen LogP contribution in [0.2, 0.25) is 0 Å². The Bertz CT molecular complexity index is 362. The molecule has 1 N–H and O–H groups in total. The van der Waals surface area contributed by atoms with Crippen molar-refractivity contribution in [3.8, 4) is 5.75 Å². The molecule has 2 rings (SSSR count). The van der Waals surface area contributed by atoms with E-state index in [1.165, 1.54) is 6.07 Å². The van der Waals surface area contributed by atoms with Crippen LogP contribution in [0.4, 0.5) is 18.9 Å². The molecule has 0 atom stereocenters. The number of anilines is 1. The van der Waals surface area contributed by atoms with Crippen LogP contribution in [-0.2, 0) is 6.18 Å². The van der Waals surface area contributed by atoms with Gasteiger partial charge in [-0.25, -0.2) is 0 Å². The standard InChI is InChI=1S/C10H10F3NO/c11-10(12,13)7-2-3-8-9(6-7)15-5-1-4-14-8/h2-3,6,14H,1,4-5H2. The van der Waals surface area contributed by atoms with Crippen molar-refractivity contribution in [2.75, 3.05) is 18.5 Å². The second-order valence-electron chi connectivity index (χ2n) is 3.34. The Morgan fingerprint density at radius 3 is 2.80 bits per heavy atom. The van der Waals surface area contributed by atoms with Gasteiger partial charge in [0.1, 0.15) is 5.75 Å². The van der Waals surface area contributed by atoms with Crippen LogP contribution in [0.25, 0.3) is 0 Å². The van der Waals surface area contributed by atoms with E-state index < -0.39 is 11.7 Å². The van der Waals surface area contributed by atoms with Gasteiger partial charge in [-0.15, -0.1) is 0 Å². The summed E-state index contributed by atoms with van der Waals surface area (Å²) in [6, 6.07) is 3.50. The topological polar surface area (TPSA) is 21.3 Å². The third-order valence-electron chi connectivity index (χ3n) is 2.20. The van der Waals surface area contributed by atoms with E-state index in [0.29, 0.717) is 12.3 Å². The molecule has 0 unspecified atom stereocenters. The summed E-state index contributed by atoms with van der Waals surface area (Å²) in [5.41, 5.74) is -0.0505. The minimum absolute atomic E-state index is 0.280. The molecule has 0 radical (unpaired) electrons. The fourth-order valence-corrected chi connectivity index (χ4v) is 1.44. The Morgan fingerprint density at radius 1 is 1.27 bits per heavy atom. The van der Waals surface area contributed by atoms with Crippen molar-refractivity contribution in [3.63, 3.8) is 0 Å². The average Bonchev–Trinajstić information content (AvgIpc) is 2.39. The van der Waals surface area contributed by atoms with Crippen molar-refractivity contribution in [3.05, 3.63) is 23.8 Å². The number of benzene rings is 1. The van der Waals surface area contributed by atoms with Gasteiger partial charge < -0.3 is 10.1 Å². The smallest absolute Gasteiger partial charge is 0.416 e. The number of rotatable bonds is 0. The van der Waals surface area contributed by atoms with Gasteiger partial charge in [0.05, 0.1) is 17.9 Å². The highest BCUT2D eigenvalue weighted by Crippen LogP contribution is 2.35. The summed E-state index contributed by atoms with van der Waals surface area (Å²) >= 11 is 0. The van der Waals surface area contributed by atoms with Crippen LogP contribution >= 0.6 is 0 Å². The summed E-state index contributed by atoms with van der Waals surface area (Å²) in [5.74, 6) is 0.280. The lowest BCUT2D eigenvalue weighted by Gasteiger charge is -2.11. The van der Waals surface area contributed by atoms with Crippen LogP contribution < -0.4 is 10.1 Å². The highest BCUT2D eigenvalue weighted by Gasteiger charge is 2.31. The lowest BCUT2D eigenvalue weighted by Crippen LogP contribution is -2.05. The van der Waals surface area contributed by atoms with Crippen molar-refractivity contribution in [2.45, 2.75) is 12.6 Å². The van der Waals surface area contributed by atoms with Gasteiger partial charge in [-0.1, -0.05) is 0 Å². The average molecular weight is 217 g/mol. The zero-order chi connectivity index (χ0) is 10.9. The molecule has 1 aliphatic heterocycles. The largest absolute Gasteiger partial charge is 0.491 e. The second kappa shape index (κ2) is 3.64. The van der Waals surface area contributed by atoms with Crippen molar-refractivity contribution in [1.82, 2.24) is 0 Å². The minimum Gasteiger partial charge on any atom is -0.491 e. The molecule has 0 fully saturated rings. The number of ether oxygens (including phenoxy) is 1. The predicted molar refractivity (Wildman–Crippen MR) is 50.0 cm³/mol. The van der Waals surface area contributed by atoms with E-state index in [-0.39, 0.29) is 5.75 Å². The minimum atomic E-state index is -4.31. The van der Waals surface area contributed by atoms with Gasteiger partial charge in [-0.2, -0.15) is 13.2 Å². The molecule has 2 nitrogen and oxygen atoms in total. The molecule has 1 heterocycles. The van der Waals surface area contributed by atoms with E-state index >= 15 is 0 Å². The number of hydrogen-bond acceptors (Lipinski definition) is 2. The molecule has 0 aromatic heterocycles. The molecular formula is C10H10F3NO. The summed E-state index contributed by atoms with van der Waals surface area (Å²) < 4.78 is 42.4. The van der Waals surface area contributed by atoms with Crippen molar-refractivity contribution >= 4 is 5.69 Å². The summed E-state index contributed by atoms with van der Waals surface area (Å²) in [6.45, 7) is 1.17. The van der Waals surface area contributed by atoms with E-state index in [9.17, 15) is 13.2 Å². The van der Waals surface area contributed by atoms with E-state index in [0.717, 1.165) is 25.1 Å². The molecule has 15 heavy (non-hydrogen) atoms. The van der Waals surface area contributed by atoms with Crippen molar-refractivity contribution in [2.24, 2.45) is 0 Å². The molecule has 1 aliphatic rings. The van der Waals surface area contributed by atoms with Gasteiger partial charge >= 0.3 is 6.18 Å². The first-order chi connectivity index (χ1) is 7.07. The SMILES string of the molecule is FC(F)(F)c1ccc2c(c1)OCCCN2. The second-order valence-corrected chi connectivity index (χ2v) is 3.34. The third kappa shape index (κ3) is 2.16. The summed E-state index contributed by atoms with van der Waals surface area (Å²) in [4.78, 5) is 0. The maximum Gasteiger partial charge on any atom is 0.416 e. The van der Waals surface area contributed by atoms with Gasteiger partial charge in [0.15, 0.2) is 0 Å². The summed E-state index contributed by atoms with van der Waals surface area (Å²) in [5, 5.41) is 3.01. The van der Waals surface area contributed by atoms with Crippen LogP contribution in [0.3, 0.4) is 0 Å². The fraction of sp³-hybridized carbons (Fsp3) is 0.400. The summed E-state index contributed by atoms with van der Waals surface area (Å²) in [7, 11) is 0. The zero-order valence-corrected chi connectivity index (χ0v) is 7.90. The van der Waals surface area contributed by atoms with Crippen LogP contribution in [0.15, 0.2) is 18.2 Å². The van der Waals surface area contributed by atoms with Gasteiger partial charge in [-0.3, -0.25) is 0 Å². The Hall–Kier alpha value is -1.39. The lowest BCUT2D eigenvalue weighted by molar-refractivity contribution is -0.137. The van der Waals surface area contributed by atoms with Crippen LogP contribution in [0, 0.1) is 0 Å². The Labute approximate surface area is 85.0 Å². The quantitative estimate of drug-likeness (QED) is 0.721. The first-order valence-electron chi connectivity index (χ1n) is 4.65. The zero-order valence-electron chi connectivity index (χ0n) is 7.90. The normalized spacial score (nSPS) is 15.9. The molecule has 0 saturated carbocycles. The Balaban J connectivity index is 2.36. The van der Waals surface area contributed by atoms with E-state index in [2.05, 4.69) is 5.32 Å². The highest BCUT2D eigenvalue weighted by molar-refractivity contribution is 5.58. The van der Waals surface area contributed by atoms with Gasteiger partial charge in [0, 0.05) is 6.54 Å². The van der Waals surface area contributed by atoms with Crippen LogP contribution in [0.5, 0.6) is 5.75 Å². The predicted octanol–water partition coefficient (Wildman–Crippen LogP) is 2.90. The van der Waals surface area contributed by atoms with Gasteiger partial charge in [0.2, 0.25) is 0 Å². The first kappa shape index (κ1) is 10.1. The van der Waals surface area contributed by atoms with Gasteiger partial charge in [0.25, 0.3) is 0 Å². The number of alkyl halides is 3. The molecule has 0 aliphatic carbocycles. The molecule has 0 bridgehead atoms. The first-order valence-corrected chi connectivity index (χ1v) is 4.65. The fourth-order valence-electron chi connectivity index (χ4n) is 1.44. The molecule has 1 aromatic rings. The van der Waals surface area contributed by atoms with E-state index in [1.54, 1.807) is 0 Å². The monoisotopic (exact) mass is 217 g/mol. The molecule has 82 valence electrons. The van der Waals surface area contributed by atoms with E-state index in [1.807, 2.05) is 0 Å². The van der Waals surface area contributed by atoms with Crippen LogP contribution in [0.1, 0.15) is 12.0 Å². The molecule has 0 amide bonds. The molecule has 5 heteroatoms.